The molecule has 120 valence electrons. The minimum Gasteiger partial charge on any atom is -0.306 e. The van der Waals surface area contributed by atoms with Crippen molar-refractivity contribution in [3.8, 4) is 0 Å². The summed E-state index contributed by atoms with van der Waals surface area (Å²) < 4.78 is 14.0. The van der Waals surface area contributed by atoms with Gasteiger partial charge in [0.25, 0.3) is 0 Å². The van der Waals surface area contributed by atoms with Crippen LogP contribution >= 0.6 is 0 Å². The van der Waals surface area contributed by atoms with Gasteiger partial charge in [-0.05, 0) is 86.1 Å². The van der Waals surface area contributed by atoms with E-state index in [9.17, 15) is 4.39 Å². The topological polar surface area (TPSA) is 3.24 Å². The maximum absolute atomic E-state index is 14.0. The van der Waals surface area contributed by atoms with Crippen LogP contribution < -0.4 is 0 Å². The van der Waals surface area contributed by atoms with Gasteiger partial charge >= 0.3 is 0 Å². The summed E-state index contributed by atoms with van der Waals surface area (Å²) in [5.41, 5.74) is 5.47. The van der Waals surface area contributed by atoms with Gasteiger partial charge in [0.15, 0.2) is 0 Å². The molecule has 1 unspecified atom stereocenters. The Labute approximate surface area is 138 Å². The van der Waals surface area contributed by atoms with Crippen LogP contribution in [0, 0.1) is 11.7 Å². The van der Waals surface area contributed by atoms with Crippen LogP contribution in [0.5, 0.6) is 0 Å². The average molecular weight is 309 g/mol. The molecule has 0 N–H and O–H groups in total. The first-order chi connectivity index (χ1) is 11.2. The van der Waals surface area contributed by atoms with Crippen molar-refractivity contribution in [2.24, 2.45) is 5.92 Å². The van der Waals surface area contributed by atoms with Crippen LogP contribution in [0.4, 0.5) is 4.39 Å². The molecule has 2 aromatic rings. The van der Waals surface area contributed by atoms with Crippen molar-refractivity contribution in [3.63, 3.8) is 0 Å². The zero-order chi connectivity index (χ0) is 15.8. The molecule has 0 bridgehead atoms. The van der Waals surface area contributed by atoms with Crippen LogP contribution in [0.2, 0.25) is 0 Å². The molecule has 0 saturated carbocycles. The fourth-order valence-corrected chi connectivity index (χ4v) is 4.45. The van der Waals surface area contributed by atoms with E-state index >= 15 is 0 Å². The first-order valence-corrected chi connectivity index (χ1v) is 8.77. The minimum absolute atomic E-state index is 0.0962. The zero-order valence-corrected chi connectivity index (χ0v) is 13.8. The Morgan fingerprint density at radius 3 is 2.39 bits per heavy atom. The number of fused-ring (bicyclic) bond motifs is 2. The second kappa shape index (κ2) is 6.09. The number of hydrogen-bond acceptors (Lipinski definition) is 1. The summed E-state index contributed by atoms with van der Waals surface area (Å²) in [4.78, 5) is 2.41. The number of aryl methyl sites for hydroxylation is 2. The number of piperidine rings is 1. The third-order valence-electron chi connectivity index (χ3n) is 5.73. The number of likely N-dealkylation sites (tertiary alicyclic amines) is 1. The van der Waals surface area contributed by atoms with E-state index in [4.69, 9.17) is 0 Å². The molecule has 4 rings (SSSR count). The molecule has 1 aliphatic carbocycles. The highest BCUT2D eigenvalue weighted by Gasteiger charge is 2.32. The molecule has 0 amide bonds. The van der Waals surface area contributed by atoms with E-state index in [0.29, 0.717) is 11.8 Å². The van der Waals surface area contributed by atoms with Gasteiger partial charge in [0.2, 0.25) is 0 Å². The highest BCUT2D eigenvalue weighted by Crippen LogP contribution is 2.43. The molecule has 23 heavy (non-hydrogen) atoms. The van der Waals surface area contributed by atoms with Crippen molar-refractivity contribution in [1.29, 1.82) is 0 Å². The molecule has 1 saturated heterocycles. The summed E-state index contributed by atoms with van der Waals surface area (Å²) in [6.45, 7) is 2.29. The molecular formula is C21H24FN. The van der Waals surface area contributed by atoms with Crippen LogP contribution in [0.15, 0.2) is 42.5 Å². The van der Waals surface area contributed by atoms with Gasteiger partial charge in [-0.1, -0.05) is 30.3 Å². The fraction of sp³-hybridized carbons (Fsp3) is 0.429. The van der Waals surface area contributed by atoms with Crippen LogP contribution in [0.25, 0.3) is 0 Å². The number of halogens is 1. The summed E-state index contributed by atoms with van der Waals surface area (Å²) in [6.07, 6.45) is 4.49. The standard InChI is InChI=1S/C21H24FN/c1-23-12-10-17(11-13-23)21-19-5-3-2-4-15(19)6-7-16-8-9-18(22)14-20(16)21/h2-5,8-9,14,17,21H,6-7,10-13H2,1H3. The second-order valence-electron chi connectivity index (χ2n) is 7.16. The molecule has 1 nitrogen and oxygen atoms in total. The molecule has 1 heterocycles. The van der Waals surface area contributed by atoms with Crippen LogP contribution in [0.3, 0.4) is 0 Å². The maximum Gasteiger partial charge on any atom is 0.123 e. The van der Waals surface area contributed by atoms with Crippen molar-refractivity contribution in [1.82, 2.24) is 4.90 Å². The second-order valence-corrected chi connectivity index (χ2v) is 7.16. The third-order valence-corrected chi connectivity index (χ3v) is 5.73. The van der Waals surface area contributed by atoms with Gasteiger partial charge in [-0.2, -0.15) is 0 Å². The van der Waals surface area contributed by atoms with E-state index in [2.05, 4.69) is 36.2 Å². The Bertz CT molecular complexity index is 701. The Hall–Kier alpha value is -1.67. The molecule has 2 aromatic carbocycles. The monoisotopic (exact) mass is 309 g/mol. The fourth-order valence-electron chi connectivity index (χ4n) is 4.45. The van der Waals surface area contributed by atoms with Gasteiger partial charge in [-0.15, -0.1) is 0 Å². The Morgan fingerprint density at radius 2 is 1.61 bits per heavy atom. The van der Waals surface area contributed by atoms with Crippen LogP contribution in [0.1, 0.15) is 41.0 Å². The predicted octanol–water partition coefficient (Wildman–Crippen LogP) is 4.40. The predicted molar refractivity (Wildman–Crippen MR) is 92.3 cm³/mol. The van der Waals surface area contributed by atoms with Crippen molar-refractivity contribution in [2.45, 2.75) is 31.6 Å². The molecule has 1 fully saturated rings. The highest BCUT2D eigenvalue weighted by atomic mass is 19.1. The van der Waals surface area contributed by atoms with Crippen molar-refractivity contribution in [2.75, 3.05) is 20.1 Å². The lowest BCUT2D eigenvalue weighted by molar-refractivity contribution is 0.207. The summed E-state index contributed by atoms with van der Waals surface area (Å²) >= 11 is 0. The smallest absolute Gasteiger partial charge is 0.123 e. The third kappa shape index (κ3) is 2.81. The van der Waals surface area contributed by atoms with E-state index in [0.717, 1.165) is 25.9 Å². The van der Waals surface area contributed by atoms with Gasteiger partial charge in [0.05, 0.1) is 0 Å². The van der Waals surface area contributed by atoms with Gasteiger partial charge in [0.1, 0.15) is 5.82 Å². The largest absolute Gasteiger partial charge is 0.306 e. The quantitative estimate of drug-likeness (QED) is 0.755. The lowest BCUT2D eigenvalue weighted by Crippen LogP contribution is -2.33. The first-order valence-electron chi connectivity index (χ1n) is 8.77. The molecular weight excluding hydrogens is 285 g/mol. The summed E-state index contributed by atoms with van der Waals surface area (Å²) in [5, 5.41) is 0. The van der Waals surface area contributed by atoms with E-state index in [1.54, 1.807) is 12.1 Å². The van der Waals surface area contributed by atoms with Gasteiger partial charge < -0.3 is 4.90 Å². The molecule has 1 atom stereocenters. The van der Waals surface area contributed by atoms with E-state index in [1.807, 2.05) is 6.07 Å². The van der Waals surface area contributed by atoms with Gasteiger partial charge in [0, 0.05) is 5.92 Å². The maximum atomic E-state index is 14.0. The van der Waals surface area contributed by atoms with E-state index in [1.165, 1.54) is 35.1 Å². The number of hydrogen-bond donors (Lipinski definition) is 0. The lowest BCUT2D eigenvalue weighted by Gasteiger charge is -2.35. The Kier molecular flexibility index (Phi) is 3.94. The minimum atomic E-state index is -0.0962. The normalized spacial score (nSPS) is 22.3. The SMILES string of the molecule is CN1CCC(C2c3ccccc3CCc3ccc(F)cc32)CC1. The number of benzene rings is 2. The molecule has 0 aromatic heterocycles. The van der Waals surface area contributed by atoms with Gasteiger partial charge in [-0.3, -0.25) is 0 Å². The molecule has 0 spiro atoms. The molecule has 0 radical (unpaired) electrons. The summed E-state index contributed by atoms with van der Waals surface area (Å²) in [6, 6.07) is 14.3. The van der Waals surface area contributed by atoms with Crippen LogP contribution in [-0.4, -0.2) is 25.0 Å². The van der Waals surface area contributed by atoms with Crippen LogP contribution in [-0.2, 0) is 12.8 Å². The molecule has 1 aliphatic heterocycles. The van der Waals surface area contributed by atoms with E-state index in [-0.39, 0.29) is 5.82 Å². The highest BCUT2D eigenvalue weighted by molar-refractivity contribution is 5.45. The summed E-state index contributed by atoms with van der Waals surface area (Å²) in [7, 11) is 2.20. The number of rotatable bonds is 1. The number of nitrogens with zero attached hydrogens (tertiary/aromatic N) is 1. The van der Waals surface area contributed by atoms with Gasteiger partial charge in [-0.25, -0.2) is 4.39 Å². The lowest BCUT2D eigenvalue weighted by atomic mass is 9.74. The van der Waals surface area contributed by atoms with E-state index < -0.39 is 0 Å². The van der Waals surface area contributed by atoms with Crippen molar-refractivity contribution >= 4 is 0 Å². The molecule has 2 heteroatoms. The summed E-state index contributed by atoms with van der Waals surface area (Å²) in [5.74, 6) is 0.875. The molecule has 2 aliphatic rings. The first kappa shape index (κ1) is 14.9. The Morgan fingerprint density at radius 1 is 0.913 bits per heavy atom. The average Bonchev–Trinajstić information content (AvgIpc) is 2.72. The Balaban J connectivity index is 1.83. The zero-order valence-electron chi connectivity index (χ0n) is 13.8. The van der Waals surface area contributed by atoms with Crippen molar-refractivity contribution < 1.29 is 4.39 Å². The van der Waals surface area contributed by atoms with Crippen molar-refractivity contribution in [3.05, 3.63) is 70.5 Å².